The summed E-state index contributed by atoms with van der Waals surface area (Å²) in [5.41, 5.74) is 2.10. The van der Waals surface area contributed by atoms with Crippen molar-refractivity contribution >= 4 is 40.3 Å². The van der Waals surface area contributed by atoms with Gasteiger partial charge >= 0.3 is 0 Å². The number of nitrogens with zero attached hydrogens (tertiary/aromatic N) is 3. The molecule has 28 heavy (non-hydrogen) atoms. The number of fused-ring (bicyclic) bond motifs is 1. The Balaban J connectivity index is 1.45. The molecule has 0 bridgehead atoms. The van der Waals surface area contributed by atoms with E-state index in [1.807, 2.05) is 18.2 Å². The molecule has 2 aliphatic rings. The average Bonchev–Trinajstić information content (AvgIpc) is 3.31. The number of nitrogens with one attached hydrogen (secondary N) is 3. The quantitative estimate of drug-likeness (QED) is 0.723. The third-order valence-corrected chi connectivity index (χ3v) is 5.65. The van der Waals surface area contributed by atoms with E-state index in [0.29, 0.717) is 41.0 Å². The van der Waals surface area contributed by atoms with Crippen LogP contribution < -0.4 is 16.0 Å². The first-order valence-corrected chi connectivity index (χ1v) is 10.0. The van der Waals surface area contributed by atoms with Gasteiger partial charge in [-0.15, -0.1) is 0 Å². The minimum absolute atomic E-state index is 0.100. The first kappa shape index (κ1) is 18.3. The van der Waals surface area contributed by atoms with Crippen molar-refractivity contribution in [1.29, 1.82) is 5.26 Å². The van der Waals surface area contributed by atoms with Gasteiger partial charge in [-0.25, -0.2) is 9.97 Å². The number of pyridine rings is 1. The van der Waals surface area contributed by atoms with E-state index in [4.69, 9.17) is 5.26 Å². The molecule has 1 atom stereocenters. The lowest BCUT2D eigenvalue weighted by molar-refractivity contribution is 0.0948. The van der Waals surface area contributed by atoms with E-state index in [-0.39, 0.29) is 5.91 Å². The lowest BCUT2D eigenvalue weighted by Gasteiger charge is -2.10. The van der Waals surface area contributed by atoms with Crippen molar-refractivity contribution in [3.05, 3.63) is 46.1 Å². The van der Waals surface area contributed by atoms with Gasteiger partial charge in [-0.1, -0.05) is 17.4 Å². The molecule has 1 saturated heterocycles. The van der Waals surface area contributed by atoms with E-state index in [1.54, 1.807) is 18.3 Å². The second-order valence-corrected chi connectivity index (χ2v) is 7.81. The van der Waals surface area contributed by atoms with Gasteiger partial charge in [0.1, 0.15) is 5.82 Å². The van der Waals surface area contributed by atoms with Crippen LogP contribution in [-0.4, -0.2) is 35.5 Å². The first-order chi connectivity index (χ1) is 13.7. The molecule has 1 aliphatic carbocycles. The Morgan fingerprint density at radius 1 is 1.46 bits per heavy atom. The molecule has 0 radical (unpaired) electrons. The van der Waals surface area contributed by atoms with Crippen molar-refractivity contribution in [3.8, 4) is 6.07 Å². The summed E-state index contributed by atoms with van der Waals surface area (Å²) in [7, 11) is 0. The molecule has 8 heteroatoms. The fourth-order valence-corrected chi connectivity index (χ4v) is 4.12. The summed E-state index contributed by atoms with van der Waals surface area (Å²) in [5, 5.41) is 19.3. The third-order valence-electron chi connectivity index (χ3n) is 4.71. The number of carbonyl (C=O) groups excluding carboxylic acids is 1. The molecule has 1 aliphatic heterocycles. The molecule has 1 amide bonds. The van der Waals surface area contributed by atoms with Crippen LogP contribution in [0.15, 0.2) is 30.0 Å². The molecule has 7 nitrogen and oxygen atoms in total. The second-order valence-electron chi connectivity index (χ2n) is 6.78. The zero-order valence-electron chi connectivity index (χ0n) is 15.2. The van der Waals surface area contributed by atoms with Crippen LogP contribution in [0.25, 0.3) is 12.2 Å². The van der Waals surface area contributed by atoms with Gasteiger partial charge in [-0.2, -0.15) is 5.26 Å². The molecular formula is C20H20N6OS. The monoisotopic (exact) mass is 392 g/mol. The fraction of sp³-hybridized carbons (Fsp3) is 0.300. The highest BCUT2D eigenvalue weighted by Gasteiger charge is 2.16. The Labute approximate surface area is 167 Å². The van der Waals surface area contributed by atoms with Crippen LogP contribution in [0.2, 0.25) is 0 Å². The number of anilines is 2. The van der Waals surface area contributed by atoms with Crippen LogP contribution >= 0.6 is 11.3 Å². The van der Waals surface area contributed by atoms with Crippen molar-refractivity contribution in [1.82, 2.24) is 20.6 Å². The smallest absolute Gasteiger partial charge is 0.251 e. The fourth-order valence-electron chi connectivity index (χ4n) is 3.19. The number of hydrogen-bond acceptors (Lipinski definition) is 7. The summed E-state index contributed by atoms with van der Waals surface area (Å²) >= 11 is 1.46. The van der Waals surface area contributed by atoms with Crippen LogP contribution in [0.4, 0.5) is 10.9 Å². The topological polar surface area (TPSA) is 103 Å². The summed E-state index contributed by atoms with van der Waals surface area (Å²) in [5.74, 6) is 0.956. The summed E-state index contributed by atoms with van der Waals surface area (Å²) in [4.78, 5) is 22.2. The van der Waals surface area contributed by atoms with Gasteiger partial charge in [0.2, 0.25) is 0 Å². The second kappa shape index (κ2) is 8.33. The molecule has 3 heterocycles. The van der Waals surface area contributed by atoms with E-state index < -0.39 is 0 Å². The predicted molar refractivity (Wildman–Crippen MR) is 110 cm³/mol. The molecule has 1 fully saturated rings. The average molecular weight is 392 g/mol. The molecule has 1 unspecified atom stereocenters. The maximum atomic E-state index is 12.4. The third kappa shape index (κ3) is 4.27. The SMILES string of the molecule is N#CC1=Cc2sc(Nc3cc(C(=O)NCC4CCNC4)ccn3)nc2C=CC1. The van der Waals surface area contributed by atoms with Crippen LogP contribution in [0.3, 0.4) is 0 Å². The molecule has 142 valence electrons. The van der Waals surface area contributed by atoms with Crippen molar-refractivity contribution < 1.29 is 4.79 Å². The number of amides is 1. The van der Waals surface area contributed by atoms with Gasteiger partial charge in [-0.3, -0.25) is 4.79 Å². The Kier molecular flexibility index (Phi) is 5.46. The molecule has 2 aromatic heterocycles. The van der Waals surface area contributed by atoms with Gasteiger partial charge < -0.3 is 16.0 Å². The maximum Gasteiger partial charge on any atom is 0.251 e. The van der Waals surface area contributed by atoms with Crippen molar-refractivity contribution in [2.45, 2.75) is 12.8 Å². The van der Waals surface area contributed by atoms with Gasteiger partial charge in [0, 0.05) is 30.3 Å². The van der Waals surface area contributed by atoms with Gasteiger partial charge in [0.25, 0.3) is 5.91 Å². The first-order valence-electron chi connectivity index (χ1n) is 9.21. The standard InChI is InChI=1S/C20H20N6OS/c21-10-13-2-1-3-16-17(8-13)28-20(25-16)26-18-9-15(5-7-23-18)19(27)24-12-14-4-6-22-11-14/h1,3,5,7-9,14,22H,2,4,6,11-12H2,(H,24,27)(H,23,25,26). The molecular weight excluding hydrogens is 372 g/mol. The maximum absolute atomic E-state index is 12.4. The lowest BCUT2D eigenvalue weighted by Crippen LogP contribution is -2.30. The van der Waals surface area contributed by atoms with E-state index in [0.717, 1.165) is 30.1 Å². The van der Waals surface area contributed by atoms with Crippen molar-refractivity contribution in [3.63, 3.8) is 0 Å². The summed E-state index contributed by atoms with van der Waals surface area (Å²) in [6.07, 6.45) is 9.06. The Morgan fingerprint density at radius 3 is 3.21 bits per heavy atom. The Morgan fingerprint density at radius 2 is 2.39 bits per heavy atom. The minimum Gasteiger partial charge on any atom is -0.352 e. The highest BCUT2D eigenvalue weighted by Crippen LogP contribution is 2.30. The zero-order chi connectivity index (χ0) is 19.3. The number of carbonyl (C=O) groups is 1. The Bertz CT molecular complexity index is 981. The number of aromatic nitrogens is 2. The normalized spacial score (nSPS) is 18.0. The Hall–Kier alpha value is -3.02. The van der Waals surface area contributed by atoms with Crippen LogP contribution in [0.5, 0.6) is 0 Å². The summed E-state index contributed by atoms with van der Waals surface area (Å²) < 4.78 is 0. The summed E-state index contributed by atoms with van der Waals surface area (Å²) in [6.45, 7) is 2.65. The number of rotatable bonds is 5. The van der Waals surface area contributed by atoms with Crippen LogP contribution in [0, 0.1) is 17.2 Å². The van der Waals surface area contributed by atoms with Crippen LogP contribution in [0.1, 0.15) is 33.8 Å². The molecule has 0 saturated carbocycles. The van der Waals surface area contributed by atoms with Gasteiger partial charge in [0.15, 0.2) is 5.13 Å². The molecule has 3 N–H and O–H groups in total. The van der Waals surface area contributed by atoms with Gasteiger partial charge in [0.05, 0.1) is 16.6 Å². The molecule has 0 aromatic carbocycles. The minimum atomic E-state index is -0.100. The zero-order valence-corrected chi connectivity index (χ0v) is 16.1. The van der Waals surface area contributed by atoms with E-state index in [9.17, 15) is 4.79 Å². The molecule has 4 rings (SSSR count). The predicted octanol–water partition coefficient (Wildman–Crippen LogP) is 2.94. The highest BCUT2D eigenvalue weighted by molar-refractivity contribution is 7.16. The van der Waals surface area contributed by atoms with Crippen LogP contribution in [-0.2, 0) is 0 Å². The number of allylic oxidation sites excluding steroid dienone is 2. The van der Waals surface area contributed by atoms with E-state index in [1.165, 1.54) is 11.3 Å². The van der Waals surface area contributed by atoms with Crippen molar-refractivity contribution in [2.24, 2.45) is 5.92 Å². The largest absolute Gasteiger partial charge is 0.352 e. The number of thiazole rings is 1. The number of nitriles is 1. The van der Waals surface area contributed by atoms with Crippen molar-refractivity contribution in [2.75, 3.05) is 25.0 Å². The highest BCUT2D eigenvalue weighted by atomic mass is 32.1. The van der Waals surface area contributed by atoms with E-state index in [2.05, 4.69) is 32.0 Å². The lowest BCUT2D eigenvalue weighted by atomic mass is 10.1. The summed E-state index contributed by atoms with van der Waals surface area (Å²) in [6, 6.07) is 5.63. The van der Waals surface area contributed by atoms with Gasteiger partial charge in [-0.05, 0) is 49.7 Å². The molecule has 0 spiro atoms. The molecule has 2 aromatic rings. The van der Waals surface area contributed by atoms with E-state index >= 15 is 0 Å². The number of hydrogen-bond donors (Lipinski definition) is 3.